The highest BCUT2D eigenvalue weighted by Crippen LogP contribution is 2.14. The number of aryl methyl sites for hydroxylation is 1. The molecule has 0 spiro atoms. The molecule has 1 aliphatic heterocycles. The van der Waals surface area contributed by atoms with Gasteiger partial charge in [0.05, 0.1) is 18.7 Å². The molecule has 1 aromatic carbocycles. The number of imidazole rings is 1. The molecular weight excluding hydrogens is 292 g/mol. The molecule has 1 amide bonds. The van der Waals surface area contributed by atoms with Crippen molar-refractivity contribution >= 4 is 5.91 Å². The van der Waals surface area contributed by atoms with Gasteiger partial charge in [-0.25, -0.2) is 4.98 Å². The number of nitrogens with one attached hydrogen (secondary N) is 1. The molecule has 1 aromatic heterocycles. The summed E-state index contributed by atoms with van der Waals surface area (Å²) in [6.07, 6.45) is 3.85. The molecule has 3 rings (SSSR count). The molecule has 2 atom stereocenters. The molecule has 2 N–H and O–H groups in total. The molecule has 0 aliphatic carbocycles. The Morgan fingerprint density at radius 2 is 2.17 bits per heavy atom. The number of carbonyl (C=O) groups is 1. The average Bonchev–Trinajstić information content (AvgIpc) is 2.96. The molecule has 0 unspecified atom stereocenters. The summed E-state index contributed by atoms with van der Waals surface area (Å²) in [4.78, 5) is 18.7. The van der Waals surface area contributed by atoms with Crippen LogP contribution in [0.15, 0.2) is 42.7 Å². The van der Waals surface area contributed by atoms with E-state index in [1.807, 2.05) is 36.0 Å². The molecule has 0 saturated carbocycles. The molecule has 0 bridgehead atoms. The standard InChI is InChI=1S/C17H22N4O2/c1-20-10-8-18-16(20)12-21-9-7-14(15(22)11-21)19-17(23)13-5-3-2-4-6-13/h2-6,8,10,14-15,22H,7,9,11-12H2,1H3,(H,19,23)/t14-,15-/m1/s1. The van der Waals surface area contributed by atoms with Gasteiger partial charge in [-0.05, 0) is 18.6 Å². The first-order chi connectivity index (χ1) is 11.1. The van der Waals surface area contributed by atoms with Crippen LogP contribution in [0.25, 0.3) is 0 Å². The second kappa shape index (κ2) is 6.93. The molecule has 0 radical (unpaired) electrons. The van der Waals surface area contributed by atoms with Crippen LogP contribution in [0.3, 0.4) is 0 Å². The van der Waals surface area contributed by atoms with Gasteiger partial charge >= 0.3 is 0 Å². The van der Waals surface area contributed by atoms with Crippen molar-refractivity contribution in [2.24, 2.45) is 7.05 Å². The second-order valence-electron chi connectivity index (χ2n) is 5.99. The van der Waals surface area contributed by atoms with Gasteiger partial charge in [0.1, 0.15) is 5.82 Å². The van der Waals surface area contributed by atoms with Gasteiger partial charge in [-0.1, -0.05) is 18.2 Å². The molecule has 1 aliphatic rings. The Labute approximate surface area is 135 Å². The zero-order valence-corrected chi connectivity index (χ0v) is 13.2. The number of amides is 1. The van der Waals surface area contributed by atoms with Crippen LogP contribution in [-0.2, 0) is 13.6 Å². The molecule has 1 fully saturated rings. The first-order valence-corrected chi connectivity index (χ1v) is 7.86. The van der Waals surface area contributed by atoms with E-state index in [0.717, 1.165) is 18.8 Å². The molecular formula is C17H22N4O2. The number of benzene rings is 1. The molecule has 1 saturated heterocycles. The maximum absolute atomic E-state index is 12.2. The van der Waals surface area contributed by atoms with E-state index >= 15 is 0 Å². The quantitative estimate of drug-likeness (QED) is 0.875. The largest absolute Gasteiger partial charge is 0.390 e. The predicted octanol–water partition coefficient (Wildman–Crippen LogP) is 0.785. The number of aromatic nitrogens is 2. The monoisotopic (exact) mass is 314 g/mol. The van der Waals surface area contributed by atoms with Crippen molar-refractivity contribution in [2.45, 2.75) is 25.1 Å². The van der Waals surface area contributed by atoms with E-state index in [1.54, 1.807) is 18.3 Å². The fourth-order valence-electron chi connectivity index (χ4n) is 2.90. The van der Waals surface area contributed by atoms with Gasteiger partial charge in [-0.15, -0.1) is 0 Å². The normalized spacial score (nSPS) is 22.0. The molecule has 6 nitrogen and oxygen atoms in total. The number of nitrogens with zero attached hydrogens (tertiary/aromatic N) is 3. The van der Waals surface area contributed by atoms with Crippen LogP contribution >= 0.6 is 0 Å². The Kier molecular flexibility index (Phi) is 4.73. The fraction of sp³-hybridized carbons (Fsp3) is 0.412. The second-order valence-corrected chi connectivity index (χ2v) is 5.99. The van der Waals surface area contributed by atoms with E-state index in [9.17, 15) is 9.90 Å². The van der Waals surface area contributed by atoms with E-state index in [4.69, 9.17) is 0 Å². The first kappa shape index (κ1) is 15.7. The lowest BCUT2D eigenvalue weighted by molar-refractivity contribution is 0.0337. The number of likely N-dealkylation sites (tertiary alicyclic amines) is 1. The Balaban J connectivity index is 1.54. The van der Waals surface area contributed by atoms with Crippen LogP contribution in [0.5, 0.6) is 0 Å². The van der Waals surface area contributed by atoms with Gasteiger partial charge in [-0.2, -0.15) is 0 Å². The van der Waals surface area contributed by atoms with Gasteiger partial charge in [0.25, 0.3) is 5.91 Å². The van der Waals surface area contributed by atoms with Crippen molar-refractivity contribution in [1.82, 2.24) is 19.8 Å². The maximum Gasteiger partial charge on any atom is 0.251 e. The van der Waals surface area contributed by atoms with Crippen molar-refractivity contribution in [1.29, 1.82) is 0 Å². The van der Waals surface area contributed by atoms with E-state index in [1.165, 1.54) is 0 Å². The van der Waals surface area contributed by atoms with Crippen molar-refractivity contribution in [3.8, 4) is 0 Å². The van der Waals surface area contributed by atoms with E-state index in [2.05, 4.69) is 15.2 Å². The first-order valence-electron chi connectivity index (χ1n) is 7.86. The summed E-state index contributed by atoms with van der Waals surface area (Å²) in [7, 11) is 1.96. The number of piperidine rings is 1. The minimum Gasteiger partial charge on any atom is -0.390 e. The van der Waals surface area contributed by atoms with Crippen LogP contribution in [-0.4, -0.2) is 50.7 Å². The van der Waals surface area contributed by atoms with Crippen molar-refractivity contribution in [2.75, 3.05) is 13.1 Å². The highest BCUT2D eigenvalue weighted by Gasteiger charge is 2.29. The third-order valence-electron chi connectivity index (χ3n) is 4.30. The molecule has 2 aromatic rings. The molecule has 2 heterocycles. The zero-order chi connectivity index (χ0) is 16.2. The Bertz CT molecular complexity index is 656. The Morgan fingerprint density at radius 3 is 2.83 bits per heavy atom. The highest BCUT2D eigenvalue weighted by atomic mass is 16.3. The van der Waals surface area contributed by atoms with Gasteiger partial charge in [0.15, 0.2) is 0 Å². The summed E-state index contributed by atoms with van der Waals surface area (Å²) in [6, 6.07) is 8.89. The number of rotatable bonds is 4. The fourth-order valence-corrected chi connectivity index (χ4v) is 2.90. The Hall–Kier alpha value is -2.18. The van der Waals surface area contributed by atoms with Gasteiger partial charge in [-0.3, -0.25) is 9.69 Å². The van der Waals surface area contributed by atoms with Crippen LogP contribution in [0, 0.1) is 0 Å². The van der Waals surface area contributed by atoms with Gasteiger partial charge < -0.3 is 15.0 Å². The van der Waals surface area contributed by atoms with Crippen molar-refractivity contribution < 1.29 is 9.90 Å². The number of hydrogen-bond donors (Lipinski definition) is 2. The maximum atomic E-state index is 12.2. The summed E-state index contributed by atoms with van der Waals surface area (Å²) >= 11 is 0. The number of β-amino-alcohol motifs (C(OH)–C–C–N with tert-alkyl or cyclic N) is 1. The minimum absolute atomic E-state index is 0.132. The third kappa shape index (κ3) is 3.78. The van der Waals surface area contributed by atoms with Gasteiger partial charge in [0, 0.05) is 38.1 Å². The summed E-state index contributed by atoms with van der Waals surface area (Å²) in [6.45, 7) is 2.07. The lowest BCUT2D eigenvalue weighted by Crippen LogP contribution is -2.53. The smallest absolute Gasteiger partial charge is 0.251 e. The van der Waals surface area contributed by atoms with Crippen LogP contribution in [0.1, 0.15) is 22.6 Å². The highest BCUT2D eigenvalue weighted by molar-refractivity contribution is 5.94. The molecule has 23 heavy (non-hydrogen) atoms. The van der Waals surface area contributed by atoms with Gasteiger partial charge in [0.2, 0.25) is 0 Å². The Morgan fingerprint density at radius 1 is 1.39 bits per heavy atom. The van der Waals surface area contributed by atoms with Crippen LogP contribution in [0.4, 0.5) is 0 Å². The van der Waals surface area contributed by atoms with Crippen molar-refractivity contribution in [3.05, 3.63) is 54.1 Å². The topological polar surface area (TPSA) is 70.4 Å². The lowest BCUT2D eigenvalue weighted by Gasteiger charge is -2.36. The van der Waals surface area contributed by atoms with E-state index in [-0.39, 0.29) is 11.9 Å². The van der Waals surface area contributed by atoms with Crippen LogP contribution in [0.2, 0.25) is 0 Å². The molecule has 122 valence electrons. The number of aliphatic hydroxyl groups excluding tert-OH is 1. The number of aliphatic hydroxyl groups is 1. The summed E-state index contributed by atoms with van der Waals surface area (Å²) in [5.74, 6) is 0.844. The number of hydrogen-bond acceptors (Lipinski definition) is 4. The zero-order valence-electron chi connectivity index (χ0n) is 13.2. The van der Waals surface area contributed by atoms with Crippen LogP contribution < -0.4 is 5.32 Å². The third-order valence-corrected chi connectivity index (χ3v) is 4.30. The predicted molar refractivity (Wildman–Crippen MR) is 86.8 cm³/mol. The van der Waals surface area contributed by atoms with E-state index < -0.39 is 6.10 Å². The van der Waals surface area contributed by atoms with E-state index in [0.29, 0.717) is 18.7 Å². The average molecular weight is 314 g/mol. The number of carbonyl (C=O) groups excluding carboxylic acids is 1. The minimum atomic E-state index is -0.573. The lowest BCUT2D eigenvalue weighted by atomic mass is 10.0. The SMILES string of the molecule is Cn1ccnc1CN1CC[C@@H](NC(=O)c2ccccc2)[C@H](O)C1. The summed E-state index contributed by atoms with van der Waals surface area (Å²) in [5, 5.41) is 13.3. The molecule has 6 heteroatoms. The van der Waals surface area contributed by atoms with Crippen molar-refractivity contribution in [3.63, 3.8) is 0 Å². The summed E-state index contributed by atoms with van der Waals surface area (Å²) < 4.78 is 1.98. The summed E-state index contributed by atoms with van der Waals surface area (Å²) in [5.41, 5.74) is 0.620.